The van der Waals surface area contributed by atoms with Crippen molar-refractivity contribution < 1.29 is 14.3 Å². The average Bonchev–Trinajstić information content (AvgIpc) is 3.06. The summed E-state index contributed by atoms with van der Waals surface area (Å²) >= 11 is 0. The molecule has 0 aliphatic carbocycles. The Bertz CT molecular complexity index is 395. The molecule has 1 amide bonds. The lowest BCUT2D eigenvalue weighted by molar-refractivity contribution is -0.119. The summed E-state index contributed by atoms with van der Waals surface area (Å²) < 4.78 is 5.36. The summed E-state index contributed by atoms with van der Waals surface area (Å²) in [5, 5.41) is 6.02. The van der Waals surface area contributed by atoms with Crippen LogP contribution in [-0.2, 0) is 14.3 Å². The summed E-state index contributed by atoms with van der Waals surface area (Å²) in [7, 11) is 0. The van der Waals surface area contributed by atoms with Gasteiger partial charge in [-0.25, -0.2) is 0 Å². The zero-order valence-electron chi connectivity index (χ0n) is 12.6. The highest BCUT2D eigenvalue weighted by Gasteiger charge is 2.45. The van der Waals surface area contributed by atoms with Crippen molar-refractivity contribution in [2.24, 2.45) is 11.7 Å². The van der Waals surface area contributed by atoms with Gasteiger partial charge in [-0.1, -0.05) is 13.0 Å². The Morgan fingerprint density at radius 1 is 1.40 bits per heavy atom. The first-order chi connectivity index (χ1) is 9.40. The first-order valence-electron chi connectivity index (χ1n) is 6.98. The monoisotopic (exact) mass is 283 g/mol. The van der Waals surface area contributed by atoms with E-state index >= 15 is 0 Å². The van der Waals surface area contributed by atoms with Gasteiger partial charge in [0.1, 0.15) is 18.1 Å². The standard InChI is InChI=1S/C14H25N3O3/c1-5-10(13-14(15)20-13)12(17-9(4)19)11(6-2)16-7-8(3)18/h6,10,12-14,16H,5,7,15H2,1-4H3,(H,17,19)/b11-6+/t10?,12-,13?,14?/m0/s1. The summed E-state index contributed by atoms with van der Waals surface area (Å²) in [6.45, 7) is 7.14. The predicted molar refractivity (Wildman–Crippen MR) is 76.7 cm³/mol. The number of nitrogens with two attached hydrogens (primary N) is 1. The second kappa shape index (κ2) is 7.40. The topological polar surface area (TPSA) is 96.8 Å². The molecule has 3 unspecified atom stereocenters. The molecule has 4 N–H and O–H groups in total. The fourth-order valence-corrected chi connectivity index (χ4v) is 2.39. The fourth-order valence-electron chi connectivity index (χ4n) is 2.39. The van der Waals surface area contributed by atoms with Crippen molar-refractivity contribution in [3.05, 3.63) is 11.8 Å². The molecule has 4 atom stereocenters. The number of hydrogen-bond acceptors (Lipinski definition) is 5. The molecule has 6 heteroatoms. The van der Waals surface area contributed by atoms with Crippen LogP contribution in [0.3, 0.4) is 0 Å². The highest BCUT2D eigenvalue weighted by atomic mass is 16.6. The number of hydrogen-bond donors (Lipinski definition) is 3. The predicted octanol–water partition coefficient (Wildman–Crippen LogP) is 0.283. The minimum absolute atomic E-state index is 0.0401. The largest absolute Gasteiger partial charge is 0.380 e. The average molecular weight is 283 g/mol. The number of ether oxygens (including phenoxy) is 1. The van der Waals surface area contributed by atoms with Gasteiger partial charge >= 0.3 is 0 Å². The van der Waals surface area contributed by atoms with Crippen molar-refractivity contribution in [2.45, 2.75) is 52.5 Å². The molecule has 1 saturated heterocycles. The van der Waals surface area contributed by atoms with E-state index in [2.05, 4.69) is 10.6 Å². The Morgan fingerprint density at radius 2 is 2.00 bits per heavy atom. The van der Waals surface area contributed by atoms with Crippen LogP contribution in [0, 0.1) is 5.92 Å². The summed E-state index contributed by atoms with van der Waals surface area (Å²) in [5.74, 6) is 0.00421. The third-order valence-corrected chi connectivity index (χ3v) is 3.43. The van der Waals surface area contributed by atoms with Gasteiger partial charge < -0.3 is 21.1 Å². The third kappa shape index (κ3) is 4.61. The summed E-state index contributed by atoms with van der Waals surface area (Å²) in [6, 6.07) is -0.222. The van der Waals surface area contributed by atoms with Crippen molar-refractivity contribution in [1.82, 2.24) is 10.6 Å². The van der Waals surface area contributed by atoms with Crippen LogP contribution in [0.4, 0.5) is 0 Å². The molecular formula is C14H25N3O3. The molecular weight excluding hydrogens is 258 g/mol. The molecule has 0 saturated carbocycles. The lowest BCUT2D eigenvalue weighted by Crippen LogP contribution is -2.47. The first-order valence-corrected chi connectivity index (χ1v) is 6.98. The molecule has 0 aromatic heterocycles. The Balaban J connectivity index is 2.84. The highest BCUT2D eigenvalue weighted by molar-refractivity contribution is 5.78. The molecule has 0 aromatic carbocycles. The van der Waals surface area contributed by atoms with E-state index in [1.54, 1.807) is 0 Å². The zero-order valence-corrected chi connectivity index (χ0v) is 12.6. The molecule has 1 rings (SSSR count). The molecule has 1 heterocycles. The minimum atomic E-state index is -0.262. The zero-order chi connectivity index (χ0) is 15.3. The van der Waals surface area contributed by atoms with Gasteiger partial charge in [0, 0.05) is 18.5 Å². The Morgan fingerprint density at radius 3 is 2.35 bits per heavy atom. The third-order valence-electron chi connectivity index (χ3n) is 3.43. The number of Topliss-reactive ketones (excluding diaryl/α,β-unsaturated/α-hetero) is 1. The van der Waals surface area contributed by atoms with Crippen LogP contribution in [0.2, 0.25) is 0 Å². The van der Waals surface area contributed by atoms with Crippen molar-refractivity contribution in [1.29, 1.82) is 0 Å². The van der Waals surface area contributed by atoms with Gasteiger partial charge in [0.05, 0.1) is 12.6 Å². The Hall–Kier alpha value is -1.40. The number of allylic oxidation sites excluding steroid dienone is 1. The van der Waals surface area contributed by atoms with E-state index in [9.17, 15) is 9.59 Å². The van der Waals surface area contributed by atoms with E-state index in [1.807, 2.05) is 19.9 Å². The van der Waals surface area contributed by atoms with Gasteiger partial charge in [-0.2, -0.15) is 0 Å². The maximum atomic E-state index is 11.5. The minimum Gasteiger partial charge on any atom is -0.380 e. The van der Waals surface area contributed by atoms with Gasteiger partial charge in [-0.3, -0.25) is 9.59 Å². The second-order valence-corrected chi connectivity index (χ2v) is 5.12. The van der Waals surface area contributed by atoms with Crippen LogP contribution in [-0.4, -0.2) is 36.6 Å². The van der Waals surface area contributed by atoms with Crippen molar-refractivity contribution in [3.63, 3.8) is 0 Å². The fraction of sp³-hybridized carbons (Fsp3) is 0.714. The van der Waals surface area contributed by atoms with Gasteiger partial charge in [0.2, 0.25) is 5.91 Å². The molecule has 1 aliphatic heterocycles. The van der Waals surface area contributed by atoms with Crippen LogP contribution >= 0.6 is 0 Å². The Labute approximate surface area is 120 Å². The van der Waals surface area contributed by atoms with Gasteiger partial charge in [0.25, 0.3) is 0 Å². The maximum Gasteiger partial charge on any atom is 0.217 e. The molecule has 0 spiro atoms. The van der Waals surface area contributed by atoms with Crippen molar-refractivity contribution in [3.8, 4) is 0 Å². The summed E-state index contributed by atoms with van der Waals surface area (Å²) in [4.78, 5) is 22.6. The smallest absolute Gasteiger partial charge is 0.217 e. The number of carbonyl (C=O) groups is 2. The van der Waals surface area contributed by atoms with E-state index in [0.717, 1.165) is 12.1 Å². The van der Waals surface area contributed by atoms with E-state index in [-0.39, 0.29) is 42.5 Å². The van der Waals surface area contributed by atoms with Crippen LogP contribution in [0.25, 0.3) is 0 Å². The highest BCUT2D eigenvalue weighted by Crippen LogP contribution is 2.32. The number of carbonyl (C=O) groups excluding carboxylic acids is 2. The quantitative estimate of drug-likeness (QED) is 0.556. The molecule has 20 heavy (non-hydrogen) atoms. The lowest BCUT2D eigenvalue weighted by Gasteiger charge is -2.28. The van der Waals surface area contributed by atoms with Gasteiger partial charge in [-0.05, 0) is 20.3 Å². The molecule has 1 fully saturated rings. The molecule has 114 valence electrons. The van der Waals surface area contributed by atoms with Gasteiger partial charge in [-0.15, -0.1) is 0 Å². The summed E-state index contributed by atoms with van der Waals surface area (Å²) in [5.41, 5.74) is 6.57. The van der Waals surface area contributed by atoms with Crippen molar-refractivity contribution in [2.75, 3.05) is 6.54 Å². The maximum absolute atomic E-state index is 11.5. The number of rotatable bonds is 8. The first kappa shape index (κ1) is 16.7. The number of ketones is 1. The molecule has 0 bridgehead atoms. The Kier molecular flexibility index (Phi) is 6.16. The van der Waals surface area contributed by atoms with E-state index in [1.165, 1.54) is 13.8 Å². The normalized spacial score (nSPS) is 24.8. The number of epoxide rings is 1. The van der Waals surface area contributed by atoms with Crippen LogP contribution in [0.5, 0.6) is 0 Å². The molecule has 0 aromatic rings. The van der Waals surface area contributed by atoms with Gasteiger partial charge in [0.15, 0.2) is 0 Å². The van der Waals surface area contributed by atoms with E-state index < -0.39 is 0 Å². The van der Waals surface area contributed by atoms with E-state index in [4.69, 9.17) is 10.5 Å². The molecule has 1 aliphatic rings. The summed E-state index contributed by atoms with van der Waals surface area (Å²) in [6.07, 6.45) is 2.38. The number of nitrogens with one attached hydrogen (secondary N) is 2. The lowest BCUT2D eigenvalue weighted by atomic mass is 9.90. The molecule has 6 nitrogen and oxygen atoms in total. The SMILES string of the molecule is C/C=C(/NCC(C)=O)[C@@H](NC(C)=O)C(CC)C1OC1N. The van der Waals surface area contributed by atoms with Crippen LogP contribution in [0.15, 0.2) is 11.8 Å². The van der Waals surface area contributed by atoms with Crippen molar-refractivity contribution >= 4 is 11.7 Å². The van der Waals surface area contributed by atoms with Crippen LogP contribution < -0.4 is 16.4 Å². The number of amides is 1. The van der Waals surface area contributed by atoms with Crippen LogP contribution in [0.1, 0.15) is 34.1 Å². The second-order valence-electron chi connectivity index (χ2n) is 5.12. The molecule has 0 radical (unpaired) electrons. The van der Waals surface area contributed by atoms with E-state index in [0.29, 0.717) is 0 Å².